The molecule has 2 aromatic carbocycles. The van der Waals surface area contributed by atoms with Crippen LogP contribution in [0.1, 0.15) is 29.8 Å². The van der Waals surface area contributed by atoms with Gasteiger partial charge < -0.3 is 19.4 Å². The Morgan fingerprint density at radius 1 is 1.17 bits per heavy atom. The first-order valence-corrected chi connectivity index (χ1v) is 10.2. The normalized spacial score (nSPS) is 22.4. The van der Waals surface area contributed by atoms with Gasteiger partial charge in [0, 0.05) is 29.6 Å². The number of ether oxygens (including phenoxy) is 2. The molecule has 1 fully saturated rings. The third-order valence-corrected chi connectivity index (χ3v) is 6.59. The molecular weight excluding hydrogens is 386 g/mol. The number of likely N-dealkylation sites (N-methyl/N-ethyl adjacent to an activating group) is 1. The van der Waals surface area contributed by atoms with E-state index in [4.69, 9.17) is 21.7 Å². The molecule has 4 heterocycles. The molecule has 0 bridgehead atoms. The lowest BCUT2D eigenvalue weighted by Gasteiger charge is -2.37. The van der Waals surface area contributed by atoms with Crippen molar-refractivity contribution in [2.24, 2.45) is 0 Å². The zero-order chi connectivity index (χ0) is 19.7. The number of hydrogen-bond acceptors (Lipinski definition) is 4. The Hall–Kier alpha value is -3.06. The average molecular weight is 405 g/mol. The van der Waals surface area contributed by atoms with Crippen LogP contribution in [0, 0.1) is 0 Å². The molecule has 1 aromatic heterocycles. The summed E-state index contributed by atoms with van der Waals surface area (Å²) >= 11 is 5.76. The first-order chi connectivity index (χ1) is 14.2. The zero-order valence-electron chi connectivity index (χ0n) is 15.8. The van der Waals surface area contributed by atoms with Crippen molar-refractivity contribution in [2.75, 3.05) is 13.3 Å². The van der Waals surface area contributed by atoms with Crippen LogP contribution in [-0.2, 0) is 11.2 Å². The molecule has 2 atom stereocenters. The van der Waals surface area contributed by atoms with Crippen molar-refractivity contribution in [2.45, 2.75) is 25.4 Å². The van der Waals surface area contributed by atoms with Crippen molar-refractivity contribution in [1.29, 1.82) is 0 Å². The predicted octanol–water partition coefficient (Wildman–Crippen LogP) is 3.36. The highest BCUT2D eigenvalue weighted by atomic mass is 32.1. The van der Waals surface area contributed by atoms with Crippen LogP contribution in [0.15, 0.2) is 42.5 Å². The summed E-state index contributed by atoms with van der Waals surface area (Å²) in [5.74, 6) is 1.55. The van der Waals surface area contributed by atoms with Crippen LogP contribution in [0.2, 0.25) is 0 Å². The Labute approximate surface area is 173 Å². The van der Waals surface area contributed by atoms with Gasteiger partial charge in [0.1, 0.15) is 6.04 Å². The second-order valence-electron chi connectivity index (χ2n) is 7.57. The number of thiocarbonyl (C=S) groups is 1. The third kappa shape index (κ3) is 2.22. The molecule has 0 radical (unpaired) electrons. The molecule has 0 saturated carbocycles. The standard InChI is InChI=1S/C22H19N3O3S/c1-2-24-21(26)16-10-14-13-5-3-4-6-15(13)23-19(14)20(25(16)22(24)29)12-7-8-17-18(9-12)28-11-27-17/h3-9,16,20,23H,2,10-11H2,1H3/t16-,20-/m0/s1. The first kappa shape index (κ1) is 16.9. The monoisotopic (exact) mass is 405 g/mol. The molecule has 0 spiro atoms. The van der Waals surface area contributed by atoms with Gasteiger partial charge in [-0.1, -0.05) is 24.3 Å². The van der Waals surface area contributed by atoms with E-state index < -0.39 is 0 Å². The van der Waals surface area contributed by atoms with E-state index in [0.717, 1.165) is 28.3 Å². The van der Waals surface area contributed by atoms with Gasteiger partial charge >= 0.3 is 0 Å². The number of H-pyrrole nitrogens is 1. The van der Waals surface area contributed by atoms with E-state index in [1.54, 1.807) is 4.90 Å². The first-order valence-electron chi connectivity index (χ1n) is 9.80. The molecule has 3 aliphatic rings. The van der Waals surface area contributed by atoms with Gasteiger partial charge in [0.15, 0.2) is 16.6 Å². The van der Waals surface area contributed by atoms with Crippen molar-refractivity contribution >= 4 is 34.1 Å². The fraction of sp³-hybridized carbons (Fsp3) is 0.273. The summed E-state index contributed by atoms with van der Waals surface area (Å²) in [6, 6.07) is 13.8. The highest BCUT2D eigenvalue weighted by Gasteiger charge is 2.50. The minimum absolute atomic E-state index is 0.0826. The number of fused-ring (bicyclic) bond motifs is 5. The van der Waals surface area contributed by atoms with Crippen LogP contribution in [0.5, 0.6) is 11.5 Å². The van der Waals surface area contributed by atoms with E-state index in [2.05, 4.69) is 22.0 Å². The Bertz CT molecular complexity index is 1190. The van der Waals surface area contributed by atoms with E-state index in [1.807, 2.05) is 37.3 Å². The number of nitrogens with zero attached hydrogens (tertiary/aromatic N) is 2. The number of hydrogen-bond donors (Lipinski definition) is 1. The van der Waals surface area contributed by atoms with Crippen LogP contribution < -0.4 is 9.47 Å². The average Bonchev–Trinajstić information content (AvgIpc) is 3.41. The molecule has 1 saturated heterocycles. The predicted molar refractivity (Wildman–Crippen MR) is 112 cm³/mol. The highest BCUT2D eigenvalue weighted by molar-refractivity contribution is 7.80. The van der Waals surface area contributed by atoms with E-state index in [9.17, 15) is 4.79 Å². The van der Waals surface area contributed by atoms with Crippen molar-refractivity contribution < 1.29 is 14.3 Å². The number of aromatic nitrogens is 1. The lowest BCUT2D eigenvalue weighted by molar-refractivity contribution is -0.128. The summed E-state index contributed by atoms with van der Waals surface area (Å²) in [6.45, 7) is 2.77. The van der Waals surface area contributed by atoms with Gasteiger partial charge in [-0.3, -0.25) is 9.69 Å². The smallest absolute Gasteiger partial charge is 0.251 e. The van der Waals surface area contributed by atoms with Crippen molar-refractivity contribution in [1.82, 2.24) is 14.8 Å². The fourth-order valence-corrected chi connectivity index (χ4v) is 5.30. The topological polar surface area (TPSA) is 57.8 Å². The van der Waals surface area contributed by atoms with Crippen molar-refractivity contribution in [3.8, 4) is 11.5 Å². The maximum atomic E-state index is 13.2. The summed E-state index contributed by atoms with van der Waals surface area (Å²) in [5, 5.41) is 1.76. The molecular formula is C22H19N3O3S. The second kappa shape index (κ2) is 5.97. The number of carbonyl (C=O) groups is 1. The highest BCUT2D eigenvalue weighted by Crippen LogP contribution is 2.46. The summed E-state index contributed by atoms with van der Waals surface area (Å²) < 4.78 is 11.1. The fourth-order valence-electron chi connectivity index (χ4n) is 4.85. The molecule has 146 valence electrons. The number of benzene rings is 2. The minimum Gasteiger partial charge on any atom is -0.454 e. The van der Waals surface area contributed by atoms with E-state index >= 15 is 0 Å². The van der Waals surface area contributed by atoms with Crippen molar-refractivity contribution in [3.63, 3.8) is 0 Å². The number of aromatic amines is 1. The molecule has 6 rings (SSSR count). The Kier molecular flexibility index (Phi) is 3.47. The molecule has 1 N–H and O–H groups in total. The lowest BCUT2D eigenvalue weighted by atomic mass is 9.89. The van der Waals surface area contributed by atoms with Gasteiger partial charge in [-0.2, -0.15) is 0 Å². The van der Waals surface area contributed by atoms with E-state index in [-0.39, 0.29) is 24.8 Å². The molecule has 1 amide bonds. The van der Waals surface area contributed by atoms with Crippen LogP contribution in [-0.4, -0.2) is 45.2 Å². The van der Waals surface area contributed by atoms with Gasteiger partial charge in [0.2, 0.25) is 6.79 Å². The Morgan fingerprint density at radius 3 is 2.86 bits per heavy atom. The Balaban J connectivity index is 1.59. The third-order valence-electron chi connectivity index (χ3n) is 6.16. The molecule has 3 aliphatic heterocycles. The lowest BCUT2D eigenvalue weighted by Crippen LogP contribution is -2.44. The van der Waals surface area contributed by atoms with Crippen molar-refractivity contribution in [3.05, 3.63) is 59.3 Å². The molecule has 0 unspecified atom stereocenters. The maximum Gasteiger partial charge on any atom is 0.251 e. The molecule has 7 heteroatoms. The minimum atomic E-state index is -0.287. The SMILES string of the molecule is CCN1C(=O)[C@@H]2Cc3c([nH]c4ccccc34)[C@H](c3ccc4c(c3)OCO4)N2C1=S. The maximum absolute atomic E-state index is 13.2. The summed E-state index contributed by atoms with van der Waals surface area (Å²) in [5.41, 5.74) is 4.39. The van der Waals surface area contributed by atoms with Gasteiger partial charge in [-0.05, 0) is 48.5 Å². The van der Waals surface area contributed by atoms with Crippen LogP contribution in [0.4, 0.5) is 0 Å². The van der Waals surface area contributed by atoms with Crippen LogP contribution in [0.25, 0.3) is 10.9 Å². The summed E-state index contributed by atoms with van der Waals surface area (Å²) in [4.78, 5) is 20.6. The number of para-hydroxylation sites is 1. The summed E-state index contributed by atoms with van der Waals surface area (Å²) in [6.07, 6.45) is 0.649. The number of rotatable bonds is 2. The number of carbonyl (C=O) groups excluding carboxylic acids is 1. The largest absolute Gasteiger partial charge is 0.454 e. The second-order valence-corrected chi connectivity index (χ2v) is 7.94. The van der Waals surface area contributed by atoms with Gasteiger partial charge in [-0.25, -0.2) is 0 Å². The number of amides is 1. The number of nitrogens with one attached hydrogen (secondary N) is 1. The van der Waals surface area contributed by atoms with Gasteiger partial charge in [0.05, 0.1) is 6.04 Å². The van der Waals surface area contributed by atoms with E-state index in [1.165, 1.54) is 10.9 Å². The van der Waals surface area contributed by atoms with Crippen LogP contribution >= 0.6 is 12.2 Å². The van der Waals surface area contributed by atoms with E-state index in [0.29, 0.717) is 18.1 Å². The molecule has 6 nitrogen and oxygen atoms in total. The van der Waals surface area contributed by atoms with Gasteiger partial charge in [0.25, 0.3) is 5.91 Å². The summed E-state index contributed by atoms with van der Waals surface area (Å²) in [7, 11) is 0. The molecule has 3 aromatic rings. The Morgan fingerprint density at radius 2 is 2.00 bits per heavy atom. The zero-order valence-corrected chi connectivity index (χ0v) is 16.7. The van der Waals surface area contributed by atoms with Crippen LogP contribution in [0.3, 0.4) is 0 Å². The quantitative estimate of drug-likeness (QED) is 0.663. The molecule has 0 aliphatic carbocycles. The van der Waals surface area contributed by atoms with Gasteiger partial charge in [-0.15, -0.1) is 0 Å². The molecule has 29 heavy (non-hydrogen) atoms.